The number of rotatable bonds is 12. The molecule has 0 saturated heterocycles. The second kappa shape index (κ2) is 11.3. The summed E-state index contributed by atoms with van der Waals surface area (Å²) in [6.45, 7) is 11.1. The summed E-state index contributed by atoms with van der Waals surface area (Å²) >= 11 is 0. The Morgan fingerprint density at radius 2 is 1.58 bits per heavy atom. The number of carbonyl (C=O) groups is 1. The van der Waals surface area contributed by atoms with Crippen molar-refractivity contribution in [3.8, 4) is 0 Å². The highest BCUT2D eigenvalue weighted by Crippen LogP contribution is 2.27. The number of hydrogen-bond acceptors (Lipinski definition) is 2. The summed E-state index contributed by atoms with van der Waals surface area (Å²) in [7, 11) is -1.04. The van der Waals surface area contributed by atoms with Crippen molar-refractivity contribution in [3.63, 3.8) is 0 Å². The zero-order valence-electron chi connectivity index (χ0n) is 13.2. The van der Waals surface area contributed by atoms with Crippen LogP contribution in [-0.4, -0.2) is 20.7 Å². The maximum Gasteiger partial charge on any atom is 0.330 e. The highest BCUT2D eigenvalue weighted by molar-refractivity contribution is 6.78. The normalized spacial score (nSPS) is 11.3. The summed E-state index contributed by atoms with van der Waals surface area (Å²) in [5.74, 6) is -0.294. The second-order valence-electron chi connectivity index (χ2n) is 5.85. The summed E-state index contributed by atoms with van der Waals surface area (Å²) in [6, 6.07) is 4.32. The Balaban J connectivity index is 3.90. The lowest BCUT2D eigenvalue weighted by atomic mass is 10.3. The highest BCUT2D eigenvalue weighted by Gasteiger charge is 2.24. The molecule has 2 nitrogen and oxygen atoms in total. The molecule has 0 aromatic carbocycles. The maximum atomic E-state index is 10.9. The van der Waals surface area contributed by atoms with Crippen molar-refractivity contribution in [1.29, 1.82) is 0 Å². The Morgan fingerprint density at radius 3 is 2.05 bits per heavy atom. The average molecular weight is 285 g/mol. The van der Waals surface area contributed by atoms with Crippen LogP contribution in [0, 0.1) is 0 Å². The van der Waals surface area contributed by atoms with Crippen molar-refractivity contribution >= 4 is 14.0 Å². The van der Waals surface area contributed by atoms with E-state index in [0.29, 0.717) is 6.61 Å². The predicted molar refractivity (Wildman–Crippen MR) is 86.2 cm³/mol. The SMILES string of the molecule is C=CC(=O)OCCCC[Si](C)(CCCC)CCCC. The third kappa shape index (κ3) is 9.94. The topological polar surface area (TPSA) is 26.3 Å². The van der Waals surface area contributed by atoms with Crippen LogP contribution in [0.4, 0.5) is 0 Å². The van der Waals surface area contributed by atoms with Gasteiger partial charge in [0, 0.05) is 6.08 Å². The molecule has 0 aromatic rings. The molecule has 0 aliphatic rings. The summed E-state index contributed by atoms with van der Waals surface area (Å²) in [5, 5.41) is 0. The van der Waals surface area contributed by atoms with Crippen LogP contribution in [0.5, 0.6) is 0 Å². The zero-order valence-corrected chi connectivity index (χ0v) is 14.2. The van der Waals surface area contributed by atoms with Gasteiger partial charge >= 0.3 is 5.97 Å². The van der Waals surface area contributed by atoms with Gasteiger partial charge in [0.05, 0.1) is 14.7 Å². The molecule has 0 aromatic heterocycles. The van der Waals surface area contributed by atoms with E-state index in [1.54, 1.807) is 0 Å². The van der Waals surface area contributed by atoms with E-state index in [1.807, 2.05) is 0 Å². The lowest BCUT2D eigenvalue weighted by molar-refractivity contribution is -0.137. The monoisotopic (exact) mass is 284 g/mol. The number of esters is 1. The van der Waals surface area contributed by atoms with Crippen molar-refractivity contribution < 1.29 is 9.53 Å². The first-order valence-corrected chi connectivity index (χ1v) is 11.0. The van der Waals surface area contributed by atoms with E-state index in [-0.39, 0.29) is 5.97 Å². The molecule has 0 aliphatic carbocycles. The van der Waals surface area contributed by atoms with Crippen molar-refractivity contribution in [2.45, 2.75) is 77.1 Å². The smallest absolute Gasteiger partial charge is 0.330 e. The quantitative estimate of drug-likeness (QED) is 0.214. The Labute approximate surface area is 120 Å². The molecule has 0 fully saturated rings. The Morgan fingerprint density at radius 1 is 1.05 bits per heavy atom. The molecule has 0 aliphatic heterocycles. The van der Waals surface area contributed by atoms with E-state index in [2.05, 4.69) is 27.0 Å². The number of ether oxygens (including phenoxy) is 1. The van der Waals surface area contributed by atoms with E-state index in [1.165, 1.54) is 56.3 Å². The van der Waals surface area contributed by atoms with Gasteiger partial charge in [-0.25, -0.2) is 4.79 Å². The molecule has 112 valence electrons. The molecule has 0 amide bonds. The minimum absolute atomic E-state index is 0.294. The van der Waals surface area contributed by atoms with Gasteiger partial charge in [0.15, 0.2) is 0 Å². The first-order valence-electron chi connectivity index (χ1n) is 7.87. The third-order valence-corrected chi connectivity index (χ3v) is 8.54. The van der Waals surface area contributed by atoms with E-state index in [9.17, 15) is 4.79 Å². The molecule has 0 spiro atoms. The lowest BCUT2D eigenvalue weighted by Gasteiger charge is -2.27. The van der Waals surface area contributed by atoms with Gasteiger partial charge in [0.25, 0.3) is 0 Å². The third-order valence-electron chi connectivity index (χ3n) is 3.85. The van der Waals surface area contributed by atoms with Crippen LogP contribution in [0.1, 0.15) is 52.4 Å². The fourth-order valence-electron chi connectivity index (χ4n) is 2.47. The molecular formula is C16H32O2Si. The van der Waals surface area contributed by atoms with Crippen molar-refractivity contribution in [1.82, 2.24) is 0 Å². The predicted octanol–water partition coefficient (Wildman–Crippen LogP) is 5.17. The van der Waals surface area contributed by atoms with Gasteiger partial charge in [-0.15, -0.1) is 0 Å². The maximum absolute atomic E-state index is 10.9. The van der Waals surface area contributed by atoms with Gasteiger partial charge in [-0.1, -0.05) is 77.2 Å². The lowest BCUT2D eigenvalue weighted by Crippen LogP contribution is -2.29. The van der Waals surface area contributed by atoms with Crippen molar-refractivity contribution in [2.75, 3.05) is 6.61 Å². The fraction of sp³-hybridized carbons (Fsp3) is 0.812. The summed E-state index contributed by atoms with van der Waals surface area (Å²) in [4.78, 5) is 10.9. The summed E-state index contributed by atoms with van der Waals surface area (Å²) < 4.78 is 5.03. The van der Waals surface area contributed by atoms with Crippen LogP contribution in [0.2, 0.25) is 24.7 Å². The molecule has 0 unspecified atom stereocenters. The first-order chi connectivity index (χ1) is 9.08. The van der Waals surface area contributed by atoms with Gasteiger partial charge in [0.2, 0.25) is 0 Å². The fourth-order valence-corrected chi connectivity index (χ4v) is 6.74. The van der Waals surface area contributed by atoms with Gasteiger partial charge in [0.1, 0.15) is 0 Å². The largest absolute Gasteiger partial charge is 0.463 e. The molecule has 0 rings (SSSR count). The zero-order chi connectivity index (χ0) is 14.6. The van der Waals surface area contributed by atoms with Gasteiger partial charge < -0.3 is 4.74 Å². The van der Waals surface area contributed by atoms with E-state index in [4.69, 9.17) is 4.74 Å². The van der Waals surface area contributed by atoms with Crippen LogP contribution < -0.4 is 0 Å². The molecule has 0 bridgehead atoms. The van der Waals surface area contributed by atoms with Crippen molar-refractivity contribution in [3.05, 3.63) is 12.7 Å². The minimum atomic E-state index is -1.04. The van der Waals surface area contributed by atoms with Gasteiger partial charge in [-0.05, 0) is 6.42 Å². The van der Waals surface area contributed by atoms with Crippen LogP contribution >= 0.6 is 0 Å². The number of hydrogen-bond donors (Lipinski definition) is 0. The van der Waals surface area contributed by atoms with Gasteiger partial charge in [-0.2, -0.15) is 0 Å². The summed E-state index contributed by atoms with van der Waals surface area (Å²) in [5.41, 5.74) is 0. The van der Waals surface area contributed by atoms with Crippen LogP contribution in [-0.2, 0) is 9.53 Å². The Kier molecular flexibility index (Phi) is 10.9. The molecule has 19 heavy (non-hydrogen) atoms. The Bertz CT molecular complexity index is 243. The minimum Gasteiger partial charge on any atom is -0.463 e. The van der Waals surface area contributed by atoms with Crippen LogP contribution in [0.15, 0.2) is 12.7 Å². The average Bonchev–Trinajstić information content (AvgIpc) is 2.42. The molecular weight excluding hydrogens is 252 g/mol. The first kappa shape index (κ1) is 18.4. The standard InChI is InChI=1S/C16H32O2Si/c1-5-8-13-19(4,14-9-6-2)15-11-10-12-18-16(17)7-3/h7H,3,5-6,8-15H2,1-2,4H3. The van der Waals surface area contributed by atoms with Crippen LogP contribution in [0.25, 0.3) is 0 Å². The molecule has 0 atom stereocenters. The Hall–Kier alpha value is -0.573. The molecule has 0 radical (unpaired) electrons. The second-order valence-corrected chi connectivity index (χ2v) is 11.0. The number of carbonyl (C=O) groups excluding carboxylic acids is 1. The molecule has 0 saturated carbocycles. The van der Waals surface area contributed by atoms with Crippen LogP contribution in [0.3, 0.4) is 0 Å². The molecule has 0 N–H and O–H groups in total. The van der Waals surface area contributed by atoms with E-state index >= 15 is 0 Å². The summed E-state index contributed by atoms with van der Waals surface area (Å²) in [6.07, 6.45) is 8.84. The highest BCUT2D eigenvalue weighted by atomic mass is 28.3. The van der Waals surface area contributed by atoms with E-state index < -0.39 is 8.07 Å². The molecule has 0 heterocycles. The van der Waals surface area contributed by atoms with Crippen molar-refractivity contribution in [2.24, 2.45) is 0 Å². The number of unbranched alkanes of at least 4 members (excludes halogenated alkanes) is 3. The molecule has 3 heteroatoms. The van der Waals surface area contributed by atoms with E-state index in [0.717, 1.165) is 6.42 Å². The van der Waals surface area contributed by atoms with Gasteiger partial charge in [-0.3, -0.25) is 0 Å².